The average molecular weight is 486 g/mol. The van der Waals surface area contributed by atoms with Gasteiger partial charge in [0.25, 0.3) is 11.8 Å². The van der Waals surface area contributed by atoms with Crippen LogP contribution >= 0.6 is 0 Å². The highest BCUT2D eigenvalue weighted by Crippen LogP contribution is 2.47. The first-order valence-electron chi connectivity index (χ1n) is 11.6. The third-order valence-corrected chi connectivity index (χ3v) is 7.34. The molecule has 2 bridgehead atoms. The smallest absolute Gasteiger partial charge is 0.257 e. The molecule has 1 amide bonds. The van der Waals surface area contributed by atoms with Crippen LogP contribution in [0.2, 0.25) is 0 Å². The molecular weight excluding hydrogens is 465 g/mol. The van der Waals surface area contributed by atoms with Crippen molar-refractivity contribution in [3.05, 3.63) is 41.6 Å². The lowest BCUT2D eigenvalue weighted by Crippen LogP contribution is -2.65. The second kappa shape index (κ2) is 6.98. The zero-order chi connectivity index (χ0) is 23.9. The van der Waals surface area contributed by atoms with Crippen LogP contribution in [-0.2, 0) is 6.54 Å². The van der Waals surface area contributed by atoms with Crippen molar-refractivity contribution in [2.45, 2.75) is 62.3 Å². The summed E-state index contributed by atoms with van der Waals surface area (Å²) in [6.07, 6.45) is 5.54. The zero-order valence-electron chi connectivity index (χ0n) is 18.5. The summed E-state index contributed by atoms with van der Waals surface area (Å²) in [5.41, 5.74) is -0.389. The summed E-state index contributed by atoms with van der Waals surface area (Å²) in [5.74, 6) is -2.87. The van der Waals surface area contributed by atoms with Crippen LogP contribution in [0.5, 0.6) is 11.6 Å². The quantitative estimate of drug-likeness (QED) is 0.522. The molecule has 0 aromatic carbocycles. The lowest BCUT2D eigenvalue weighted by Gasteiger charge is -2.47. The van der Waals surface area contributed by atoms with E-state index in [1.807, 2.05) is 4.90 Å². The van der Waals surface area contributed by atoms with Crippen LogP contribution in [0, 0.1) is 5.82 Å². The highest BCUT2D eigenvalue weighted by atomic mass is 19.3. The molecule has 2 atom stereocenters. The van der Waals surface area contributed by atoms with Gasteiger partial charge in [0.05, 0.1) is 36.7 Å². The van der Waals surface area contributed by atoms with Crippen molar-refractivity contribution in [2.24, 2.45) is 0 Å². The Morgan fingerprint density at radius 2 is 2.06 bits per heavy atom. The molecule has 3 aromatic rings. The van der Waals surface area contributed by atoms with Crippen LogP contribution in [0.4, 0.5) is 19.0 Å². The van der Waals surface area contributed by atoms with E-state index >= 15 is 0 Å². The highest BCUT2D eigenvalue weighted by Gasteiger charge is 2.58. The standard InChI is InChI=1S/C23H21F3N6O3/c24-13-4-12-7-31-15-2-1-3-16(15)35-17-8-32-18(29-19(17)31)14(6-28-32)20(33)30-22(9-23(25,26)10-22)11-34-21(12)27-5-13/h4-6,8,15-16H,1-3,7,9-11H2,(H,30,33)/t15-,16+/m1/s1. The number of nitrogens with one attached hydrogen (secondary N) is 1. The van der Waals surface area contributed by atoms with Gasteiger partial charge in [0.1, 0.15) is 24.1 Å². The predicted molar refractivity (Wildman–Crippen MR) is 115 cm³/mol. The van der Waals surface area contributed by atoms with Gasteiger partial charge >= 0.3 is 0 Å². The van der Waals surface area contributed by atoms with Crippen LogP contribution in [0.25, 0.3) is 5.65 Å². The molecule has 2 fully saturated rings. The number of fused-ring (bicyclic) bond motifs is 3. The number of amides is 1. The van der Waals surface area contributed by atoms with E-state index in [1.165, 1.54) is 16.8 Å². The third-order valence-electron chi connectivity index (χ3n) is 7.34. The topological polar surface area (TPSA) is 93.9 Å². The molecular formula is C23H21F3N6O3. The molecule has 182 valence electrons. The molecule has 35 heavy (non-hydrogen) atoms. The van der Waals surface area contributed by atoms with Gasteiger partial charge in [-0.05, 0) is 25.3 Å². The number of alkyl halides is 2. The van der Waals surface area contributed by atoms with E-state index in [0.29, 0.717) is 17.1 Å². The molecule has 12 heteroatoms. The maximum absolute atomic E-state index is 14.3. The molecule has 1 spiro atoms. The van der Waals surface area contributed by atoms with Gasteiger partial charge in [-0.15, -0.1) is 0 Å². The largest absolute Gasteiger partial charge is 0.483 e. The summed E-state index contributed by atoms with van der Waals surface area (Å²) in [4.78, 5) is 24.1. The first kappa shape index (κ1) is 20.8. The van der Waals surface area contributed by atoms with Crippen LogP contribution in [-0.4, -0.2) is 55.7 Å². The second-order valence-corrected chi connectivity index (χ2v) is 9.89. The zero-order valence-corrected chi connectivity index (χ0v) is 18.5. The summed E-state index contributed by atoms with van der Waals surface area (Å²) < 4.78 is 55.8. The number of anilines is 1. The number of carbonyl (C=O) groups is 1. The Kier molecular flexibility index (Phi) is 4.15. The number of hydrogen-bond acceptors (Lipinski definition) is 7. The van der Waals surface area contributed by atoms with Crippen molar-refractivity contribution in [2.75, 3.05) is 11.5 Å². The molecule has 2 aliphatic heterocycles. The van der Waals surface area contributed by atoms with Gasteiger partial charge in [-0.2, -0.15) is 5.10 Å². The summed E-state index contributed by atoms with van der Waals surface area (Å²) in [6.45, 7) is 0.00457. The van der Waals surface area contributed by atoms with E-state index in [9.17, 15) is 18.0 Å². The maximum Gasteiger partial charge on any atom is 0.257 e. The van der Waals surface area contributed by atoms with Gasteiger partial charge < -0.3 is 19.7 Å². The molecule has 0 unspecified atom stereocenters. The van der Waals surface area contributed by atoms with E-state index in [4.69, 9.17) is 14.5 Å². The van der Waals surface area contributed by atoms with Crippen molar-refractivity contribution >= 4 is 17.4 Å². The fourth-order valence-corrected chi connectivity index (χ4v) is 5.82. The molecule has 7 rings (SSSR count). The van der Waals surface area contributed by atoms with Crippen molar-refractivity contribution in [3.63, 3.8) is 0 Å². The minimum Gasteiger partial charge on any atom is -0.483 e. The predicted octanol–water partition coefficient (Wildman–Crippen LogP) is 2.87. The number of ether oxygens (including phenoxy) is 2. The number of aromatic nitrogens is 4. The Balaban J connectivity index is 1.40. The summed E-state index contributed by atoms with van der Waals surface area (Å²) in [6, 6.07) is 1.33. The number of carbonyl (C=O) groups excluding carboxylic acids is 1. The SMILES string of the molecule is O=C1NC2(COc3ncc(F)cc3CN3c4nc5c1cnn5cc4O[C@H]1CCC[C@H]13)CC(F)(F)C2. The molecule has 0 radical (unpaired) electrons. The lowest BCUT2D eigenvalue weighted by atomic mass is 9.73. The Morgan fingerprint density at radius 3 is 2.89 bits per heavy atom. The summed E-state index contributed by atoms with van der Waals surface area (Å²) in [5, 5.41) is 6.98. The molecule has 2 saturated carbocycles. The van der Waals surface area contributed by atoms with Crippen molar-refractivity contribution in [1.29, 1.82) is 0 Å². The number of rotatable bonds is 0. The van der Waals surface area contributed by atoms with Crippen molar-refractivity contribution < 1.29 is 27.4 Å². The molecule has 2 aliphatic carbocycles. The van der Waals surface area contributed by atoms with Gasteiger partial charge in [-0.25, -0.2) is 27.7 Å². The van der Waals surface area contributed by atoms with E-state index < -0.39 is 36.0 Å². The Hall–Kier alpha value is -3.57. The second-order valence-electron chi connectivity index (χ2n) is 9.89. The van der Waals surface area contributed by atoms with E-state index in [-0.39, 0.29) is 42.4 Å². The van der Waals surface area contributed by atoms with Crippen molar-refractivity contribution in [1.82, 2.24) is 24.9 Å². The molecule has 1 N–H and O–H groups in total. The normalized spacial score (nSPS) is 25.9. The van der Waals surface area contributed by atoms with Gasteiger partial charge in [0.2, 0.25) is 5.88 Å². The number of hydrogen-bond donors (Lipinski definition) is 1. The van der Waals surface area contributed by atoms with Crippen LogP contribution in [0.3, 0.4) is 0 Å². The maximum atomic E-state index is 14.3. The Morgan fingerprint density at radius 1 is 1.20 bits per heavy atom. The fourth-order valence-electron chi connectivity index (χ4n) is 5.82. The lowest BCUT2D eigenvalue weighted by molar-refractivity contribution is -0.140. The summed E-state index contributed by atoms with van der Waals surface area (Å²) >= 11 is 0. The monoisotopic (exact) mass is 486 g/mol. The first-order valence-corrected chi connectivity index (χ1v) is 11.6. The van der Waals surface area contributed by atoms with Crippen LogP contribution < -0.4 is 19.7 Å². The van der Waals surface area contributed by atoms with E-state index in [2.05, 4.69) is 15.4 Å². The van der Waals surface area contributed by atoms with Gasteiger partial charge in [0.15, 0.2) is 17.2 Å². The van der Waals surface area contributed by atoms with Crippen molar-refractivity contribution in [3.8, 4) is 11.6 Å². The van der Waals surface area contributed by atoms with Crippen LogP contribution in [0.15, 0.2) is 24.7 Å². The van der Waals surface area contributed by atoms with Gasteiger partial charge in [-0.1, -0.05) is 0 Å². The third kappa shape index (κ3) is 3.22. The average Bonchev–Trinajstić information content (AvgIpc) is 3.42. The molecule has 3 aromatic heterocycles. The van der Waals surface area contributed by atoms with E-state index in [1.54, 1.807) is 6.20 Å². The Labute approximate surface area is 197 Å². The molecule has 0 saturated heterocycles. The fraction of sp³-hybridized carbons (Fsp3) is 0.478. The number of nitrogens with zero attached hydrogens (tertiary/aromatic N) is 5. The van der Waals surface area contributed by atoms with Gasteiger partial charge in [-0.3, -0.25) is 4.79 Å². The Bertz CT molecular complexity index is 1370. The molecule has 5 heterocycles. The van der Waals surface area contributed by atoms with E-state index in [0.717, 1.165) is 25.5 Å². The highest BCUT2D eigenvalue weighted by molar-refractivity contribution is 6.00. The first-order chi connectivity index (χ1) is 16.8. The summed E-state index contributed by atoms with van der Waals surface area (Å²) in [7, 11) is 0. The number of halogens is 3. The van der Waals surface area contributed by atoms with Crippen LogP contribution in [0.1, 0.15) is 48.0 Å². The molecule has 9 nitrogen and oxygen atoms in total. The minimum atomic E-state index is -2.92. The molecule has 4 aliphatic rings. The van der Waals surface area contributed by atoms with Gasteiger partial charge in [0, 0.05) is 18.4 Å². The number of pyridine rings is 1. The minimum absolute atomic E-state index is 0.00411.